The number of anilines is 1. The van der Waals surface area contributed by atoms with Crippen LogP contribution in [-0.4, -0.2) is 43.4 Å². The highest BCUT2D eigenvalue weighted by Crippen LogP contribution is 2.32. The van der Waals surface area contributed by atoms with Crippen molar-refractivity contribution in [1.29, 1.82) is 0 Å². The molecule has 1 amide bonds. The number of fused-ring (bicyclic) bond motifs is 2. The molecule has 6 rings (SSSR count). The van der Waals surface area contributed by atoms with E-state index in [2.05, 4.69) is 15.2 Å². The molecular weight excluding hydrogens is 448 g/mol. The summed E-state index contributed by atoms with van der Waals surface area (Å²) in [5.74, 6) is 1.05. The van der Waals surface area contributed by atoms with E-state index in [1.54, 1.807) is 23.2 Å². The fraction of sp³-hybridized carbons (Fsp3) is 0.160. The third-order valence-corrected chi connectivity index (χ3v) is 5.86. The van der Waals surface area contributed by atoms with Crippen molar-refractivity contribution in [1.82, 2.24) is 24.3 Å². The zero-order chi connectivity index (χ0) is 23.9. The van der Waals surface area contributed by atoms with Crippen LogP contribution in [0, 0.1) is 6.92 Å². The Labute approximate surface area is 199 Å². The lowest BCUT2D eigenvalue weighted by molar-refractivity contribution is -0.119. The van der Waals surface area contributed by atoms with E-state index in [1.165, 1.54) is 4.40 Å². The molecule has 0 N–H and O–H groups in total. The Balaban J connectivity index is 1.34. The molecule has 5 aromatic rings. The van der Waals surface area contributed by atoms with Crippen LogP contribution in [-0.2, 0) is 11.3 Å². The summed E-state index contributed by atoms with van der Waals surface area (Å²) in [5.41, 5.74) is 2.90. The average molecular weight is 468 g/mol. The van der Waals surface area contributed by atoms with Crippen LogP contribution in [0.25, 0.3) is 28.5 Å². The SMILES string of the molecule is Cc1ccc2c(c1)N(C(=O)Cn1nc3c(-c4nc(-c5ccccc5)no4)cccn3c1=O)CCO2. The number of carbonyl (C=O) groups excluding carboxylic acids is 1. The fourth-order valence-corrected chi connectivity index (χ4v) is 4.15. The van der Waals surface area contributed by atoms with Gasteiger partial charge in [-0.25, -0.2) is 13.9 Å². The molecular formula is C25H20N6O4. The molecule has 0 saturated heterocycles. The molecule has 3 aromatic heterocycles. The summed E-state index contributed by atoms with van der Waals surface area (Å²) < 4.78 is 13.7. The minimum Gasteiger partial charge on any atom is -0.490 e. The second kappa shape index (κ2) is 8.24. The van der Waals surface area contributed by atoms with Crippen LogP contribution in [0.5, 0.6) is 5.75 Å². The number of carbonyl (C=O) groups is 1. The molecule has 0 spiro atoms. The number of hydrogen-bond acceptors (Lipinski definition) is 7. The van der Waals surface area contributed by atoms with Gasteiger partial charge in [0, 0.05) is 11.8 Å². The molecule has 0 aliphatic carbocycles. The zero-order valence-electron chi connectivity index (χ0n) is 18.8. The van der Waals surface area contributed by atoms with Gasteiger partial charge >= 0.3 is 5.69 Å². The normalized spacial score (nSPS) is 13.0. The highest BCUT2D eigenvalue weighted by atomic mass is 16.5. The van der Waals surface area contributed by atoms with Crippen molar-refractivity contribution >= 4 is 17.2 Å². The predicted octanol–water partition coefficient (Wildman–Crippen LogP) is 2.95. The van der Waals surface area contributed by atoms with Crippen LogP contribution in [0.3, 0.4) is 0 Å². The van der Waals surface area contributed by atoms with Crippen LogP contribution in [0.2, 0.25) is 0 Å². The Morgan fingerprint density at radius 2 is 1.94 bits per heavy atom. The summed E-state index contributed by atoms with van der Waals surface area (Å²) in [4.78, 5) is 32.4. The van der Waals surface area contributed by atoms with Crippen molar-refractivity contribution in [3.63, 3.8) is 0 Å². The highest BCUT2D eigenvalue weighted by Gasteiger charge is 2.26. The van der Waals surface area contributed by atoms with Crippen molar-refractivity contribution in [2.75, 3.05) is 18.1 Å². The van der Waals surface area contributed by atoms with Gasteiger partial charge in [-0.2, -0.15) is 4.98 Å². The van der Waals surface area contributed by atoms with Crippen molar-refractivity contribution in [3.8, 4) is 28.6 Å². The van der Waals surface area contributed by atoms with Crippen LogP contribution in [0.1, 0.15) is 5.56 Å². The molecule has 10 heteroatoms. The summed E-state index contributed by atoms with van der Waals surface area (Å²) >= 11 is 0. The van der Waals surface area contributed by atoms with Gasteiger partial charge < -0.3 is 14.2 Å². The van der Waals surface area contributed by atoms with Gasteiger partial charge in [0.05, 0.1) is 17.8 Å². The van der Waals surface area contributed by atoms with Crippen molar-refractivity contribution < 1.29 is 14.1 Å². The minimum atomic E-state index is -0.435. The maximum atomic E-state index is 13.2. The van der Waals surface area contributed by atoms with Crippen molar-refractivity contribution in [2.45, 2.75) is 13.5 Å². The largest absolute Gasteiger partial charge is 0.490 e. The number of nitrogens with zero attached hydrogens (tertiary/aromatic N) is 6. The molecule has 2 aromatic carbocycles. The Morgan fingerprint density at radius 1 is 1.09 bits per heavy atom. The first-order chi connectivity index (χ1) is 17.1. The van der Waals surface area contributed by atoms with Gasteiger partial charge in [-0.15, -0.1) is 5.10 Å². The van der Waals surface area contributed by atoms with Crippen LogP contribution < -0.4 is 15.3 Å². The molecule has 35 heavy (non-hydrogen) atoms. The average Bonchev–Trinajstić information content (AvgIpc) is 3.49. The molecule has 0 atom stereocenters. The second-order valence-electron chi connectivity index (χ2n) is 8.21. The lowest BCUT2D eigenvalue weighted by Crippen LogP contribution is -2.41. The van der Waals surface area contributed by atoms with Gasteiger partial charge in [-0.1, -0.05) is 41.6 Å². The quantitative estimate of drug-likeness (QED) is 0.399. The van der Waals surface area contributed by atoms with Crippen LogP contribution >= 0.6 is 0 Å². The van der Waals surface area contributed by atoms with Gasteiger partial charge in [-0.3, -0.25) is 4.79 Å². The van der Waals surface area contributed by atoms with Gasteiger partial charge in [0.25, 0.3) is 5.89 Å². The van der Waals surface area contributed by atoms with Crippen molar-refractivity contribution in [2.24, 2.45) is 0 Å². The van der Waals surface area contributed by atoms with E-state index in [0.29, 0.717) is 41.6 Å². The first-order valence-electron chi connectivity index (χ1n) is 11.1. The molecule has 0 unspecified atom stereocenters. The van der Waals surface area contributed by atoms with E-state index in [1.807, 2.05) is 55.5 Å². The summed E-state index contributed by atoms with van der Waals surface area (Å²) in [5, 5.41) is 8.50. The molecule has 0 saturated carbocycles. The fourth-order valence-electron chi connectivity index (χ4n) is 4.15. The Kier molecular flexibility index (Phi) is 4.91. The lowest BCUT2D eigenvalue weighted by atomic mass is 10.1. The third kappa shape index (κ3) is 3.65. The van der Waals surface area contributed by atoms with Gasteiger partial charge in [0.15, 0.2) is 5.65 Å². The molecule has 1 aliphatic rings. The number of benzene rings is 2. The van der Waals surface area contributed by atoms with E-state index < -0.39 is 5.69 Å². The van der Waals surface area contributed by atoms with E-state index in [4.69, 9.17) is 9.26 Å². The molecule has 174 valence electrons. The molecule has 0 bridgehead atoms. The number of aromatic nitrogens is 5. The molecule has 1 aliphatic heterocycles. The van der Waals surface area contributed by atoms with E-state index in [-0.39, 0.29) is 18.3 Å². The maximum absolute atomic E-state index is 13.2. The lowest BCUT2D eigenvalue weighted by Gasteiger charge is -2.29. The van der Waals surface area contributed by atoms with E-state index in [0.717, 1.165) is 15.8 Å². The number of hydrogen-bond donors (Lipinski definition) is 0. The maximum Gasteiger partial charge on any atom is 0.350 e. The highest BCUT2D eigenvalue weighted by molar-refractivity contribution is 5.95. The Hall–Kier alpha value is -4.73. The first kappa shape index (κ1) is 20.8. The number of pyridine rings is 1. The second-order valence-corrected chi connectivity index (χ2v) is 8.21. The van der Waals surface area contributed by atoms with Crippen molar-refractivity contribution in [3.05, 3.63) is 82.9 Å². The molecule has 4 heterocycles. The summed E-state index contributed by atoms with van der Waals surface area (Å²) in [7, 11) is 0. The van der Waals surface area contributed by atoms with Crippen LogP contribution in [0.4, 0.5) is 5.69 Å². The van der Waals surface area contributed by atoms with Crippen LogP contribution in [0.15, 0.2) is 76.2 Å². The number of ether oxygens (including phenoxy) is 1. The van der Waals surface area contributed by atoms with E-state index >= 15 is 0 Å². The monoisotopic (exact) mass is 468 g/mol. The summed E-state index contributed by atoms with van der Waals surface area (Å²) in [6.45, 7) is 2.51. The van der Waals surface area contributed by atoms with Gasteiger partial charge in [-0.05, 0) is 36.8 Å². The summed E-state index contributed by atoms with van der Waals surface area (Å²) in [6, 6.07) is 18.6. The molecule has 10 nitrogen and oxygen atoms in total. The third-order valence-electron chi connectivity index (χ3n) is 5.86. The number of aryl methyl sites for hydroxylation is 1. The Bertz CT molecular complexity index is 1620. The van der Waals surface area contributed by atoms with Gasteiger partial charge in [0.1, 0.15) is 18.9 Å². The first-order valence-corrected chi connectivity index (χ1v) is 11.1. The smallest absolute Gasteiger partial charge is 0.350 e. The predicted molar refractivity (Wildman–Crippen MR) is 127 cm³/mol. The molecule has 0 radical (unpaired) electrons. The number of amides is 1. The molecule has 0 fully saturated rings. The number of rotatable bonds is 4. The van der Waals surface area contributed by atoms with E-state index in [9.17, 15) is 9.59 Å². The summed E-state index contributed by atoms with van der Waals surface area (Å²) in [6.07, 6.45) is 1.59. The minimum absolute atomic E-state index is 0.216. The Morgan fingerprint density at radius 3 is 2.80 bits per heavy atom. The van der Waals surface area contributed by atoms with Gasteiger partial charge in [0.2, 0.25) is 11.7 Å². The zero-order valence-corrected chi connectivity index (χ0v) is 18.8. The standard InChI is InChI=1S/C25H20N6O4/c1-16-9-10-20-19(14-16)29(12-13-34-20)21(32)15-31-25(33)30-11-5-8-18(23(30)27-31)24-26-22(28-35-24)17-6-3-2-4-7-17/h2-11,14H,12-13,15H2,1H3. The topological polar surface area (TPSA) is 108 Å².